The number of hydrogen-bond donors (Lipinski definition) is 2. The molecule has 2 amide bonds. The van der Waals surface area contributed by atoms with Crippen LogP contribution in [-0.2, 0) is 16.2 Å². The molecule has 3 aromatic carbocycles. The van der Waals surface area contributed by atoms with Gasteiger partial charge in [-0.2, -0.15) is 0 Å². The molecule has 0 bridgehead atoms. The summed E-state index contributed by atoms with van der Waals surface area (Å²) in [5.41, 5.74) is 3.26. The Morgan fingerprint density at radius 2 is 1.57 bits per heavy atom. The molecule has 0 aliphatic heterocycles. The summed E-state index contributed by atoms with van der Waals surface area (Å²) in [6.45, 7) is 2.04. The molecule has 2 N–H and O–H groups in total. The smallest absolute Gasteiger partial charge is 0.243 e. The average molecular weight is 403 g/mol. The first-order valence-electron chi connectivity index (χ1n) is 9.67. The van der Waals surface area contributed by atoms with E-state index < -0.39 is 0 Å². The van der Waals surface area contributed by atoms with Gasteiger partial charge in [0.05, 0.1) is 12.2 Å². The molecule has 0 saturated heterocycles. The highest BCUT2D eigenvalue weighted by Gasteiger charge is 2.09. The van der Waals surface area contributed by atoms with Crippen LogP contribution in [0.3, 0.4) is 0 Å². The summed E-state index contributed by atoms with van der Waals surface area (Å²) in [4.78, 5) is 25.4. The maximum atomic E-state index is 12.4. The van der Waals surface area contributed by atoms with Gasteiger partial charge in [-0.05, 0) is 42.0 Å². The fourth-order valence-electron chi connectivity index (χ4n) is 2.79. The van der Waals surface area contributed by atoms with E-state index in [1.54, 1.807) is 11.9 Å². The van der Waals surface area contributed by atoms with Gasteiger partial charge in [-0.3, -0.25) is 9.59 Å². The Kier molecular flexibility index (Phi) is 7.05. The Labute approximate surface area is 176 Å². The first-order chi connectivity index (χ1) is 14.5. The van der Waals surface area contributed by atoms with Crippen molar-refractivity contribution >= 4 is 28.9 Å². The van der Waals surface area contributed by atoms with Crippen LogP contribution in [0.4, 0.5) is 17.1 Å². The van der Waals surface area contributed by atoms with E-state index in [0.29, 0.717) is 18.0 Å². The first-order valence-corrected chi connectivity index (χ1v) is 9.67. The van der Waals surface area contributed by atoms with Crippen molar-refractivity contribution in [1.29, 1.82) is 0 Å². The summed E-state index contributed by atoms with van der Waals surface area (Å²) >= 11 is 0. The Hall–Kier alpha value is -3.80. The number of amides is 2. The largest absolute Gasteiger partial charge is 0.487 e. The molecule has 0 atom stereocenters. The van der Waals surface area contributed by atoms with Crippen molar-refractivity contribution in [1.82, 2.24) is 0 Å². The molecular formula is C24H25N3O3. The van der Waals surface area contributed by atoms with E-state index in [-0.39, 0.29) is 18.4 Å². The number of anilines is 3. The highest BCUT2D eigenvalue weighted by Crippen LogP contribution is 2.25. The average Bonchev–Trinajstić information content (AvgIpc) is 2.77. The Balaban J connectivity index is 1.54. The van der Waals surface area contributed by atoms with E-state index >= 15 is 0 Å². The standard InChI is InChI=1S/C24H25N3O3/c1-18(28)27(2)21-14-12-20(13-15-21)25-16-24(29)26-22-10-6-7-11-23(22)30-17-19-8-4-3-5-9-19/h3-15,25H,16-17H2,1-2H3,(H,26,29). The predicted octanol–water partition coefficient (Wildman–Crippen LogP) is 4.30. The number of hydrogen-bond acceptors (Lipinski definition) is 4. The zero-order valence-corrected chi connectivity index (χ0v) is 17.1. The maximum absolute atomic E-state index is 12.4. The van der Waals surface area contributed by atoms with Gasteiger partial charge >= 0.3 is 0 Å². The minimum absolute atomic E-state index is 0.0387. The van der Waals surface area contributed by atoms with Gasteiger partial charge in [0.25, 0.3) is 0 Å². The number of nitrogens with zero attached hydrogens (tertiary/aromatic N) is 1. The van der Waals surface area contributed by atoms with Crippen LogP contribution in [0.1, 0.15) is 12.5 Å². The zero-order chi connectivity index (χ0) is 21.3. The fourth-order valence-corrected chi connectivity index (χ4v) is 2.79. The molecule has 0 fully saturated rings. The molecule has 0 spiro atoms. The summed E-state index contributed by atoms with van der Waals surface area (Å²) in [5, 5.41) is 5.96. The van der Waals surface area contributed by atoms with Crippen molar-refractivity contribution in [3.8, 4) is 5.75 Å². The molecule has 6 heteroatoms. The van der Waals surface area contributed by atoms with E-state index in [1.807, 2.05) is 78.9 Å². The van der Waals surface area contributed by atoms with Crippen LogP contribution in [0.25, 0.3) is 0 Å². The Morgan fingerprint density at radius 1 is 0.900 bits per heavy atom. The zero-order valence-electron chi connectivity index (χ0n) is 17.1. The van der Waals surface area contributed by atoms with Gasteiger partial charge in [0, 0.05) is 25.3 Å². The van der Waals surface area contributed by atoms with Crippen LogP contribution in [0, 0.1) is 0 Å². The minimum Gasteiger partial charge on any atom is -0.487 e. The van der Waals surface area contributed by atoms with Crippen LogP contribution < -0.4 is 20.3 Å². The molecular weight excluding hydrogens is 378 g/mol. The quantitative estimate of drug-likeness (QED) is 0.588. The normalized spacial score (nSPS) is 10.2. The van der Waals surface area contributed by atoms with Crippen molar-refractivity contribution < 1.29 is 14.3 Å². The number of ether oxygens (including phenoxy) is 1. The third-order valence-corrected chi connectivity index (χ3v) is 4.58. The number of nitrogens with one attached hydrogen (secondary N) is 2. The highest BCUT2D eigenvalue weighted by atomic mass is 16.5. The van der Waals surface area contributed by atoms with Gasteiger partial charge in [0.1, 0.15) is 12.4 Å². The van der Waals surface area contributed by atoms with Crippen LogP contribution in [0.2, 0.25) is 0 Å². The number of carbonyl (C=O) groups is 2. The molecule has 0 saturated carbocycles. The summed E-state index contributed by atoms with van der Waals surface area (Å²) in [6, 6.07) is 24.5. The monoisotopic (exact) mass is 403 g/mol. The summed E-state index contributed by atoms with van der Waals surface area (Å²) in [5.74, 6) is 0.394. The highest BCUT2D eigenvalue weighted by molar-refractivity contribution is 5.95. The molecule has 30 heavy (non-hydrogen) atoms. The Morgan fingerprint density at radius 3 is 2.27 bits per heavy atom. The lowest BCUT2D eigenvalue weighted by atomic mass is 10.2. The van der Waals surface area contributed by atoms with Crippen LogP contribution in [0.15, 0.2) is 78.9 Å². The van der Waals surface area contributed by atoms with E-state index in [1.165, 1.54) is 6.92 Å². The molecule has 0 aliphatic rings. The van der Waals surface area contributed by atoms with Gasteiger partial charge in [0.2, 0.25) is 11.8 Å². The predicted molar refractivity (Wildman–Crippen MR) is 120 cm³/mol. The molecule has 0 heterocycles. The second-order valence-electron chi connectivity index (χ2n) is 6.80. The molecule has 6 nitrogen and oxygen atoms in total. The first kappa shape index (κ1) is 20.9. The number of benzene rings is 3. The van der Waals surface area contributed by atoms with Crippen molar-refractivity contribution in [2.45, 2.75) is 13.5 Å². The Bertz CT molecular complexity index is 988. The number of rotatable bonds is 8. The second-order valence-corrected chi connectivity index (χ2v) is 6.80. The van der Waals surface area contributed by atoms with Gasteiger partial charge < -0.3 is 20.3 Å². The molecule has 0 radical (unpaired) electrons. The number of para-hydroxylation sites is 2. The fraction of sp³-hybridized carbons (Fsp3) is 0.167. The second kappa shape index (κ2) is 10.1. The van der Waals surface area contributed by atoms with Crippen molar-refractivity contribution in [2.75, 3.05) is 29.1 Å². The molecule has 3 rings (SSSR count). The third-order valence-electron chi connectivity index (χ3n) is 4.58. The lowest BCUT2D eigenvalue weighted by Gasteiger charge is -2.16. The SMILES string of the molecule is CC(=O)N(C)c1ccc(NCC(=O)Nc2ccccc2OCc2ccccc2)cc1. The molecule has 154 valence electrons. The van der Waals surface area contributed by atoms with Gasteiger partial charge in [-0.1, -0.05) is 42.5 Å². The molecule has 0 unspecified atom stereocenters. The van der Waals surface area contributed by atoms with Gasteiger partial charge in [-0.25, -0.2) is 0 Å². The summed E-state index contributed by atoms with van der Waals surface area (Å²) in [6.07, 6.45) is 0. The van der Waals surface area contributed by atoms with Crippen molar-refractivity contribution in [3.63, 3.8) is 0 Å². The maximum Gasteiger partial charge on any atom is 0.243 e. The molecule has 3 aromatic rings. The van der Waals surface area contributed by atoms with Crippen LogP contribution in [0.5, 0.6) is 5.75 Å². The minimum atomic E-state index is -0.185. The van der Waals surface area contributed by atoms with E-state index in [4.69, 9.17) is 4.74 Å². The van der Waals surface area contributed by atoms with Crippen molar-refractivity contribution in [3.05, 3.63) is 84.4 Å². The number of carbonyl (C=O) groups excluding carboxylic acids is 2. The van der Waals surface area contributed by atoms with Crippen LogP contribution >= 0.6 is 0 Å². The van der Waals surface area contributed by atoms with Gasteiger partial charge in [-0.15, -0.1) is 0 Å². The topological polar surface area (TPSA) is 70.7 Å². The third kappa shape index (κ3) is 5.85. The van der Waals surface area contributed by atoms with Gasteiger partial charge in [0.15, 0.2) is 0 Å². The van der Waals surface area contributed by atoms with E-state index in [9.17, 15) is 9.59 Å². The van der Waals surface area contributed by atoms with E-state index in [2.05, 4.69) is 10.6 Å². The van der Waals surface area contributed by atoms with E-state index in [0.717, 1.165) is 16.9 Å². The van der Waals surface area contributed by atoms with Crippen LogP contribution in [-0.4, -0.2) is 25.4 Å². The molecule has 0 aliphatic carbocycles. The lowest BCUT2D eigenvalue weighted by molar-refractivity contribution is -0.116. The van der Waals surface area contributed by atoms with Crippen molar-refractivity contribution in [2.24, 2.45) is 0 Å². The lowest BCUT2D eigenvalue weighted by Crippen LogP contribution is -2.23. The summed E-state index contributed by atoms with van der Waals surface area (Å²) < 4.78 is 5.87. The molecule has 0 aromatic heterocycles. The summed E-state index contributed by atoms with van der Waals surface area (Å²) in [7, 11) is 1.72.